The number of ether oxygens (including phenoxy) is 4. The first-order chi connectivity index (χ1) is 10.0. The normalized spacial score (nSPS) is 16.2. The molecular weight excluding hydrogens is 272 g/mol. The van der Waals surface area contributed by atoms with Crippen molar-refractivity contribution in [3.05, 3.63) is 23.8 Å². The molecule has 1 aliphatic heterocycles. The zero-order valence-electron chi connectivity index (χ0n) is 12.8. The summed E-state index contributed by atoms with van der Waals surface area (Å²) in [5.74, 6) is 1.37. The summed E-state index contributed by atoms with van der Waals surface area (Å²) in [6.07, 6.45) is 0.396. The summed E-state index contributed by atoms with van der Waals surface area (Å²) >= 11 is 0. The molecule has 0 atom stereocenters. The largest absolute Gasteiger partial charge is 0.491 e. The van der Waals surface area contributed by atoms with Gasteiger partial charge in [0, 0.05) is 13.2 Å². The molecule has 5 heteroatoms. The predicted molar refractivity (Wildman–Crippen MR) is 78.3 cm³/mol. The molecule has 116 valence electrons. The van der Waals surface area contributed by atoms with Gasteiger partial charge in [-0.25, -0.2) is 0 Å². The second-order valence-electron chi connectivity index (χ2n) is 5.57. The lowest BCUT2D eigenvalue weighted by Gasteiger charge is -2.31. The molecule has 2 rings (SSSR count). The molecule has 1 aliphatic rings. The van der Waals surface area contributed by atoms with Crippen LogP contribution in [-0.4, -0.2) is 44.9 Å². The van der Waals surface area contributed by atoms with E-state index < -0.39 is 5.60 Å². The van der Waals surface area contributed by atoms with Crippen molar-refractivity contribution >= 4 is 5.78 Å². The average Bonchev–Trinajstić information content (AvgIpc) is 2.41. The van der Waals surface area contributed by atoms with E-state index in [-0.39, 0.29) is 5.78 Å². The lowest BCUT2D eigenvalue weighted by molar-refractivity contribution is 0.0536. The maximum Gasteiger partial charge on any atom is 0.170 e. The summed E-state index contributed by atoms with van der Waals surface area (Å²) in [7, 11) is 1.63. The van der Waals surface area contributed by atoms with Crippen molar-refractivity contribution < 1.29 is 23.7 Å². The maximum absolute atomic E-state index is 12.0. The molecular formula is C16H22O5. The van der Waals surface area contributed by atoms with Crippen LogP contribution in [0.3, 0.4) is 0 Å². The zero-order chi connectivity index (χ0) is 15.3. The number of hydrogen-bond donors (Lipinski definition) is 0. The minimum atomic E-state index is -0.466. The van der Waals surface area contributed by atoms with Crippen molar-refractivity contribution in [2.75, 3.05) is 33.5 Å². The van der Waals surface area contributed by atoms with Crippen LogP contribution < -0.4 is 9.47 Å². The molecule has 0 radical (unpaired) electrons. The molecule has 0 spiro atoms. The lowest BCUT2D eigenvalue weighted by atomic mass is 9.93. The van der Waals surface area contributed by atoms with Crippen LogP contribution in [0.15, 0.2) is 18.2 Å². The molecule has 5 nitrogen and oxygen atoms in total. The predicted octanol–water partition coefficient (Wildman–Crippen LogP) is 2.47. The first-order valence-electron chi connectivity index (χ1n) is 7.07. The van der Waals surface area contributed by atoms with Crippen LogP contribution in [0.1, 0.15) is 30.6 Å². The van der Waals surface area contributed by atoms with Crippen LogP contribution in [-0.2, 0) is 9.47 Å². The van der Waals surface area contributed by atoms with E-state index in [0.717, 1.165) is 0 Å². The SMILES string of the molecule is COCCOCCOc1ccc2c(c1)OC(C)(C)CC2=O. The van der Waals surface area contributed by atoms with Crippen LogP contribution in [0.5, 0.6) is 11.5 Å². The average molecular weight is 294 g/mol. The minimum Gasteiger partial charge on any atom is -0.491 e. The van der Waals surface area contributed by atoms with Gasteiger partial charge in [0.25, 0.3) is 0 Å². The summed E-state index contributed by atoms with van der Waals surface area (Å²) in [5, 5.41) is 0. The van der Waals surface area contributed by atoms with Crippen LogP contribution >= 0.6 is 0 Å². The standard InChI is InChI=1S/C16H22O5/c1-16(2)11-14(17)13-5-4-12(10-15(13)21-16)20-9-8-19-7-6-18-3/h4-5,10H,6-9,11H2,1-3H3. The molecule has 1 aromatic rings. The van der Waals surface area contributed by atoms with Crippen molar-refractivity contribution in [2.24, 2.45) is 0 Å². The number of rotatable bonds is 7. The van der Waals surface area contributed by atoms with Crippen LogP contribution in [0.2, 0.25) is 0 Å². The molecule has 0 unspecified atom stereocenters. The Bertz CT molecular complexity index is 495. The van der Waals surface area contributed by atoms with E-state index in [9.17, 15) is 4.79 Å². The van der Waals surface area contributed by atoms with Gasteiger partial charge in [0.15, 0.2) is 5.78 Å². The smallest absolute Gasteiger partial charge is 0.170 e. The lowest BCUT2D eigenvalue weighted by Crippen LogP contribution is -2.35. The molecule has 0 amide bonds. The minimum absolute atomic E-state index is 0.107. The fourth-order valence-corrected chi connectivity index (χ4v) is 2.19. The van der Waals surface area contributed by atoms with E-state index in [1.807, 2.05) is 13.8 Å². The molecule has 21 heavy (non-hydrogen) atoms. The van der Waals surface area contributed by atoms with Gasteiger partial charge in [-0.05, 0) is 26.0 Å². The Balaban J connectivity index is 1.90. The number of hydrogen-bond acceptors (Lipinski definition) is 5. The van der Waals surface area contributed by atoms with Gasteiger partial charge < -0.3 is 18.9 Å². The number of Topliss-reactive ketones (excluding diaryl/α,β-unsaturated/α-hetero) is 1. The Morgan fingerprint density at radius 1 is 1.19 bits per heavy atom. The number of methoxy groups -OCH3 is 1. The van der Waals surface area contributed by atoms with E-state index >= 15 is 0 Å². The molecule has 0 fully saturated rings. The quantitative estimate of drug-likeness (QED) is 0.723. The van der Waals surface area contributed by atoms with Crippen molar-refractivity contribution in [3.63, 3.8) is 0 Å². The topological polar surface area (TPSA) is 54.0 Å². The van der Waals surface area contributed by atoms with Crippen LogP contribution in [0, 0.1) is 0 Å². The zero-order valence-corrected chi connectivity index (χ0v) is 12.8. The number of carbonyl (C=O) groups is 1. The Morgan fingerprint density at radius 3 is 2.71 bits per heavy atom. The van der Waals surface area contributed by atoms with Gasteiger partial charge in [0.1, 0.15) is 23.7 Å². The molecule has 0 saturated heterocycles. The number of fused-ring (bicyclic) bond motifs is 1. The summed E-state index contributed by atoms with van der Waals surface area (Å²) in [6.45, 7) is 5.88. The third-order valence-corrected chi connectivity index (χ3v) is 3.15. The van der Waals surface area contributed by atoms with E-state index in [4.69, 9.17) is 18.9 Å². The highest BCUT2D eigenvalue weighted by Crippen LogP contribution is 2.35. The molecule has 0 N–H and O–H groups in total. The first-order valence-corrected chi connectivity index (χ1v) is 7.07. The van der Waals surface area contributed by atoms with Crippen LogP contribution in [0.4, 0.5) is 0 Å². The van der Waals surface area contributed by atoms with Gasteiger partial charge >= 0.3 is 0 Å². The Morgan fingerprint density at radius 2 is 1.95 bits per heavy atom. The van der Waals surface area contributed by atoms with Gasteiger partial charge in [-0.2, -0.15) is 0 Å². The number of benzene rings is 1. The Kier molecular flexibility index (Phi) is 5.20. The monoisotopic (exact) mass is 294 g/mol. The fourth-order valence-electron chi connectivity index (χ4n) is 2.19. The fraction of sp³-hybridized carbons (Fsp3) is 0.562. The molecule has 0 bridgehead atoms. The molecule has 0 aromatic heterocycles. The molecule has 0 saturated carbocycles. The van der Waals surface area contributed by atoms with E-state index in [0.29, 0.717) is 49.9 Å². The highest BCUT2D eigenvalue weighted by atomic mass is 16.5. The van der Waals surface area contributed by atoms with E-state index in [1.165, 1.54) is 0 Å². The van der Waals surface area contributed by atoms with E-state index in [2.05, 4.69) is 0 Å². The highest BCUT2D eigenvalue weighted by Gasteiger charge is 2.32. The van der Waals surface area contributed by atoms with Gasteiger partial charge in [-0.15, -0.1) is 0 Å². The summed E-state index contributed by atoms with van der Waals surface area (Å²) in [5.41, 5.74) is 0.157. The van der Waals surface area contributed by atoms with Crippen molar-refractivity contribution in [1.29, 1.82) is 0 Å². The van der Waals surface area contributed by atoms with Crippen molar-refractivity contribution in [1.82, 2.24) is 0 Å². The van der Waals surface area contributed by atoms with Gasteiger partial charge in [0.2, 0.25) is 0 Å². The third kappa shape index (κ3) is 4.44. The summed E-state index contributed by atoms with van der Waals surface area (Å²) in [6, 6.07) is 5.31. The number of carbonyl (C=O) groups excluding carboxylic acids is 1. The number of ketones is 1. The van der Waals surface area contributed by atoms with Gasteiger partial charge in [-0.1, -0.05) is 0 Å². The van der Waals surface area contributed by atoms with E-state index in [1.54, 1.807) is 25.3 Å². The third-order valence-electron chi connectivity index (χ3n) is 3.15. The molecule has 1 aromatic carbocycles. The second kappa shape index (κ2) is 6.91. The van der Waals surface area contributed by atoms with Gasteiger partial charge in [0.05, 0.1) is 31.8 Å². The Labute approximate surface area is 125 Å². The summed E-state index contributed by atoms with van der Waals surface area (Å²) in [4.78, 5) is 12.0. The highest BCUT2D eigenvalue weighted by molar-refractivity contribution is 6.00. The van der Waals surface area contributed by atoms with Crippen molar-refractivity contribution in [3.8, 4) is 11.5 Å². The maximum atomic E-state index is 12.0. The van der Waals surface area contributed by atoms with Crippen LogP contribution in [0.25, 0.3) is 0 Å². The van der Waals surface area contributed by atoms with Gasteiger partial charge in [-0.3, -0.25) is 4.79 Å². The first kappa shape index (κ1) is 15.8. The van der Waals surface area contributed by atoms with Crippen molar-refractivity contribution in [2.45, 2.75) is 25.9 Å². The Hall–Kier alpha value is -1.59. The molecule has 0 aliphatic carbocycles. The molecule has 1 heterocycles. The second-order valence-corrected chi connectivity index (χ2v) is 5.57. The summed E-state index contributed by atoms with van der Waals surface area (Å²) < 4.78 is 21.6.